The Labute approximate surface area is 117 Å². The highest BCUT2D eigenvalue weighted by molar-refractivity contribution is 7.11. The number of rotatable bonds is 4. The quantitative estimate of drug-likeness (QED) is 0.921. The van der Waals surface area contributed by atoms with Crippen molar-refractivity contribution in [2.45, 2.75) is 58.0 Å². The van der Waals surface area contributed by atoms with E-state index in [4.69, 9.17) is 14.8 Å². The van der Waals surface area contributed by atoms with Gasteiger partial charge in [-0.1, -0.05) is 20.8 Å². The summed E-state index contributed by atoms with van der Waals surface area (Å²) in [7, 11) is 0. The first-order chi connectivity index (χ1) is 8.88. The summed E-state index contributed by atoms with van der Waals surface area (Å²) in [5.74, 6) is -0.757. The van der Waals surface area contributed by atoms with E-state index in [1.807, 2.05) is 0 Å². The number of hydrogen-bond donors (Lipinski definition) is 1. The smallest absolute Gasteiger partial charge is 0.303 e. The molecule has 0 aromatic carbocycles. The molecule has 106 valence electrons. The molecule has 1 atom stereocenters. The van der Waals surface area contributed by atoms with E-state index >= 15 is 0 Å². The summed E-state index contributed by atoms with van der Waals surface area (Å²) < 4.78 is 5.68. The van der Waals surface area contributed by atoms with Gasteiger partial charge >= 0.3 is 5.97 Å². The van der Waals surface area contributed by atoms with Crippen LogP contribution in [0.4, 0.5) is 0 Å². The standard InChI is InChI=1S/C14H21NO3S/c1-14(2,3)12-10(6-7-11(16)17)19-13(15-12)9-5-4-8-18-9/h9H,4-8H2,1-3H3,(H,16,17). The highest BCUT2D eigenvalue weighted by atomic mass is 32.1. The molecule has 1 N–H and O–H groups in total. The number of carbonyl (C=O) groups is 1. The molecule has 1 aromatic heterocycles. The van der Waals surface area contributed by atoms with Crippen LogP contribution in [0, 0.1) is 0 Å². The summed E-state index contributed by atoms with van der Waals surface area (Å²) in [6.07, 6.45) is 2.95. The van der Waals surface area contributed by atoms with Crippen molar-refractivity contribution in [1.82, 2.24) is 4.98 Å². The van der Waals surface area contributed by atoms with Gasteiger partial charge in [-0.15, -0.1) is 11.3 Å². The Morgan fingerprint density at radius 2 is 2.26 bits per heavy atom. The van der Waals surface area contributed by atoms with Crippen LogP contribution in [0.15, 0.2) is 0 Å². The van der Waals surface area contributed by atoms with E-state index in [0.29, 0.717) is 6.42 Å². The Morgan fingerprint density at radius 3 is 2.79 bits per heavy atom. The largest absolute Gasteiger partial charge is 0.481 e. The third kappa shape index (κ3) is 3.54. The predicted octanol–water partition coefficient (Wildman–Crippen LogP) is 3.31. The maximum atomic E-state index is 10.8. The fourth-order valence-corrected chi connectivity index (χ4v) is 3.62. The Morgan fingerprint density at radius 1 is 1.53 bits per heavy atom. The van der Waals surface area contributed by atoms with Crippen LogP contribution in [0.5, 0.6) is 0 Å². The van der Waals surface area contributed by atoms with Gasteiger partial charge in [-0.05, 0) is 19.3 Å². The molecule has 1 aliphatic heterocycles. The summed E-state index contributed by atoms with van der Waals surface area (Å²) in [6, 6.07) is 0. The first kappa shape index (κ1) is 14.5. The molecular formula is C14H21NO3S. The maximum Gasteiger partial charge on any atom is 0.303 e. The zero-order valence-corrected chi connectivity index (χ0v) is 12.5. The number of aromatic nitrogens is 1. The van der Waals surface area contributed by atoms with Crippen molar-refractivity contribution in [3.8, 4) is 0 Å². The molecule has 0 aliphatic carbocycles. The molecule has 1 unspecified atom stereocenters. The first-order valence-electron chi connectivity index (χ1n) is 6.71. The van der Waals surface area contributed by atoms with Crippen LogP contribution in [-0.2, 0) is 21.4 Å². The fourth-order valence-electron chi connectivity index (χ4n) is 2.26. The molecule has 2 rings (SSSR count). The second kappa shape index (κ2) is 5.59. The maximum absolute atomic E-state index is 10.8. The number of aliphatic carboxylic acids is 1. The number of carboxylic acids is 1. The molecule has 19 heavy (non-hydrogen) atoms. The predicted molar refractivity (Wildman–Crippen MR) is 74.7 cm³/mol. The van der Waals surface area contributed by atoms with Crippen LogP contribution in [-0.4, -0.2) is 22.7 Å². The minimum atomic E-state index is -0.757. The van der Waals surface area contributed by atoms with Crippen molar-refractivity contribution in [1.29, 1.82) is 0 Å². The van der Waals surface area contributed by atoms with Crippen molar-refractivity contribution in [2.24, 2.45) is 0 Å². The molecule has 5 heteroatoms. The van der Waals surface area contributed by atoms with Crippen LogP contribution in [0.3, 0.4) is 0 Å². The molecule has 2 heterocycles. The summed E-state index contributed by atoms with van der Waals surface area (Å²) in [4.78, 5) is 16.6. The lowest BCUT2D eigenvalue weighted by Crippen LogP contribution is -2.15. The molecule has 0 radical (unpaired) electrons. The molecule has 1 fully saturated rings. The third-order valence-corrected chi connectivity index (χ3v) is 4.40. The van der Waals surface area contributed by atoms with Crippen LogP contribution < -0.4 is 0 Å². The average molecular weight is 283 g/mol. The van der Waals surface area contributed by atoms with Crippen LogP contribution in [0.1, 0.15) is 61.7 Å². The lowest BCUT2D eigenvalue weighted by atomic mass is 9.90. The summed E-state index contributed by atoms with van der Waals surface area (Å²) in [6.45, 7) is 7.16. The lowest BCUT2D eigenvalue weighted by molar-refractivity contribution is -0.136. The van der Waals surface area contributed by atoms with E-state index in [2.05, 4.69) is 20.8 Å². The van der Waals surface area contributed by atoms with Crippen molar-refractivity contribution in [3.63, 3.8) is 0 Å². The second-order valence-electron chi connectivity index (χ2n) is 5.97. The second-order valence-corrected chi connectivity index (χ2v) is 7.08. The molecule has 0 bridgehead atoms. The van der Waals surface area contributed by atoms with E-state index < -0.39 is 5.97 Å². The fraction of sp³-hybridized carbons (Fsp3) is 0.714. The molecule has 4 nitrogen and oxygen atoms in total. The number of aryl methyl sites for hydroxylation is 1. The monoisotopic (exact) mass is 283 g/mol. The summed E-state index contributed by atoms with van der Waals surface area (Å²) >= 11 is 1.63. The molecule has 0 spiro atoms. The van der Waals surface area contributed by atoms with Gasteiger partial charge in [-0.3, -0.25) is 4.79 Å². The van der Waals surface area contributed by atoms with Gasteiger partial charge in [0.2, 0.25) is 0 Å². The van der Waals surface area contributed by atoms with E-state index in [-0.39, 0.29) is 17.9 Å². The van der Waals surface area contributed by atoms with Gasteiger partial charge < -0.3 is 9.84 Å². The van der Waals surface area contributed by atoms with Crippen molar-refractivity contribution in [3.05, 3.63) is 15.6 Å². The molecule has 1 saturated heterocycles. The Kier molecular flexibility index (Phi) is 4.26. The molecular weight excluding hydrogens is 262 g/mol. The number of ether oxygens (including phenoxy) is 1. The van der Waals surface area contributed by atoms with Gasteiger partial charge in [0, 0.05) is 16.9 Å². The third-order valence-electron chi connectivity index (χ3n) is 3.20. The van der Waals surface area contributed by atoms with Crippen LogP contribution in [0.2, 0.25) is 0 Å². The zero-order chi connectivity index (χ0) is 14.0. The molecule has 1 aromatic rings. The summed E-state index contributed by atoms with van der Waals surface area (Å²) in [5.41, 5.74) is 0.977. The van der Waals surface area contributed by atoms with Crippen LogP contribution >= 0.6 is 11.3 Å². The first-order valence-corrected chi connectivity index (χ1v) is 7.53. The van der Waals surface area contributed by atoms with Crippen molar-refractivity contribution in [2.75, 3.05) is 6.61 Å². The zero-order valence-electron chi connectivity index (χ0n) is 11.7. The minimum Gasteiger partial charge on any atom is -0.481 e. The van der Waals surface area contributed by atoms with Gasteiger partial charge in [-0.25, -0.2) is 4.98 Å². The Balaban J connectivity index is 2.25. The Bertz CT molecular complexity index is 456. The summed E-state index contributed by atoms with van der Waals surface area (Å²) in [5, 5.41) is 9.86. The molecule has 0 amide bonds. The van der Waals surface area contributed by atoms with Gasteiger partial charge in [0.05, 0.1) is 12.1 Å². The van der Waals surface area contributed by atoms with Gasteiger partial charge in [0.25, 0.3) is 0 Å². The normalized spacial score (nSPS) is 19.8. The SMILES string of the molecule is CC(C)(C)c1nc(C2CCCO2)sc1CCC(=O)O. The van der Waals surface area contributed by atoms with E-state index in [1.54, 1.807) is 11.3 Å². The highest BCUT2D eigenvalue weighted by Gasteiger charge is 2.28. The van der Waals surface area contributed by atoms with Crippen molar-refractivity contribution < 1.29 is 14.6 Å². The average Bonchev–Trinajstić information content (AvgIpc) is 2.94. The van der Waals surface area contributed by atoms with E-state index in [0.717, 1.165) is 35.0 Å². The number of carboxylic acid groups (broad SMARTS) is 1. The molecule has 1 aliphatic rings. The number of nitrogens with zero attached hydrogens (tertiary/aromatic N) is 1. The number of thiazole rings is 1. The Hall–Kier alpha value is -0.940. The topological polar surface area (TPSA) is 59.4 Å². The lowest BCUT2D eigenvalue weighted by Gasteiger charge is -2.17. The van der Waals surface area contributed by atoms with Crippen molar-refractivity contribution >= 4 is 17.3 Å². The van der Waals surface area contributed by atoms with Gasteiger partial charge in [-0.2, -0.15) is 0 Å². The van der Waals surface area contributed by atoms with Gasteiger partial charge in [0.1, 0.15) is 11.1 Å². The van der Waals surface area contributed by atoms with E-state index in [1.165, 1.54) is 0 Å². The number of hydrogen-bond acceptors (Lipinski definition) is 4. The van der Waals surface area contributed by atoms with Crippen LogP contribution in [0.25, 0.3) is 0 Å². The van der Waals surface area contributed by atoms with E-state index in [9.17, 15) is 4.79 Å². The minimum absolute atomic E-state index is 0.0544. The molecule has 0 saturated carbocycles. The van der Waals surface area contributed by atoms with Gasteiger partial charge in [0.15, 0.2) is 0 Å². The highest BCUT2D eigenvalue weighted by Crippen LogP contribution is 2.37.